The molecule has 0 aliphatic heterocycles. The smallest absolute Gasteiger partial charge is 0.222 e. The molecule has 0 atom stereocenters. The second-order valence-electron chi connectivity index (χ2n) is 4.83. The first-order chi connectivity index (χ1) is 8.16. The van der Waals surface area contributed by atoms with Crippen LogP contribution in [0.25, 0.3) is 0 Å². The van der Waals surface area contributed by atoms with Crippen molar-refractivity contribution in [2.24, 2.45) is 0 Å². The van der Waals surface area contributed by atoms with Crippen LogP contribution in [-0.4, -0.2) is 23.9 Å². The molecule has 2 rings (SSSR count). The van der Waals surface area contributed by atoms with Gasteiger partial charge in [0.15, 0.2) is 0 Å². The Morgan fingerprint density at radius 3 is 2.82 bits per heavy atom. The summed E-state index contributed by atoms with van der Waals surface area (Å²) in [5, 5.41) is 0. The Morgan fingerprint density at radius 1 is 1.47 bits per heavy atom. The topological polar surface area (TPSA) is 46.3 Å². The molecule has 1 saturated carbocycles. The third-order valence-corrected chi connectivity index (χ3v) is 3.59. The quantitative estimate of drug-likeness (QED) is 0.809. The molecule has 0 aromatic heterocycles. The van der Waals surface area contributed by atoms with Crippen molar-refractivity contribution < 1.29 is 4.79 Å². The van der Waals surface area contributed by atoms with Gasteiger partial charge in [0.1, 0.15) is 0 Å². The van der Waals surface area contributed by atoms with Crippen LogP contribution in [0.3, 0.4) is 0 Å². The maximum absolute atomic E-state index is 11.9. The Kier molecular flexibility index (Phi) is 3.67. The molecule has 1 aromatic rings. The summed E-state index contributed by atoms with van der Waals surface area (Å²) in [6.07, 6.45) is 4.95. The van der Waals surface area contributed by atoms with Crippen molar-refractivity contribution >= 4 is 11.6 Å². The molecule has 1 amide bonds. The number of nitrogens with two attached hydrogens (primary N) is 1. The minimum Gasteiger partial charge on any atom is -0.399 e. The van der Waals surface area contributed by atoms with E-state index < -0.39 is 0 Å². The average molecular weight is 232 g/mol. The molecule has 2 N–H and O–H groups in total. The predicted octanol–water partition coefficient (Wildman–Crippen LogP) is 2.21. The fraction of sp³-hybridized carbons (Fsp3) is 0.500. The van der Waals surface area contributed by atoms with E-state index in [4.69, 9.17) is 5.73 Å². The van der Waals surface area contributed by atoms with Gasteiger partial charge in [0, 0.05) is 25.2 Å². The molecule has 0 bridgehead atoms. The first kappa shape index (κ1) is 12.0. The number of rotatable bonds is 4. The summed E-state index contributed by atoms with van der Waals surface area (Å²) in [7, 11) is 1.92. The van der Waals surface area contributed by atoms with Gasteiger partial charge < -0.3 is 10.6 Å². The molecule has 0 saturated heterocycles. The Hall–Kier alpha value is -1.51. The van der Waals surface area contributed by atoms with Gasteiger partial charge in [-0.2, -0.15) is 0 Å². The Balaban J connectivity index is 1.83. The predicted molar refractivity (Wildman–Crippen MR) is 69.6 cm³/mol. The summed E-state index contributed by atoms with van der Waals surface area (Å²) in [5.41, 5.74) is 7.61. The summed E-state index contributed by atoms with van der Waals surface area (Å²) < 4.78 is 0. The third-order valence-electron chi connectivity index (χ3n) is 3.59. The highest BCUT2D eigenvalue weighted by molar-refractivity contribution is 5.76. The van der Waals surface area contributed by atoms with E-state index in [0.717, 1.165) is 17.7 Å². The number of benzene rings is 1. The molecule has 1 fully saturated rings. The summed E-state index contributed by atoms with van der Waals surface area (Å²) in [4.78, 5) is 13.8. The molecule has 0 heterocycles. The molecule has 92 valence electrons. The van der Waals surface area contributed by atoms with Crippen molar-refractivity contribution in [1.29, 1.82) is 0 Å². The number of nitrogens with zero attached hydrogens (tertiary/aromatic N) is 1. The maximum atomic E-state index is 11.9. The number of anilines is 1. The molecule has 3 nitrogen and oxygen atoms in total. The molecule has 1 aliphatic rings. The average Bonchev–Trinajstić information content (AvgIpc) is 2.23. The monoisotopic (exact) mass is 232 g/mol. The lowest BCUT2D eigenvalue weighted by atomic mass is 9.91. The van der Waals surface area contributed by atoms with Crippen LogP contribution < -0.4 is 5.73 Å². The summed E-state index contributed by atoms with van der Waals surface area (Å²) in [5.74, 6) is 0.247. The number of aryl methyl sites for hydroxylation is 1. The van der Waals surface area contributed by atoms with Crippen LogP contribution in [0.5, 0.6) is 0 Å². The summed E-state index contributed by atoms with van der Waals surface area (Å²) in [6.45, 7) is 0. The normalized spacial score (nSPS) is 15.4. The highest BCUT2D eigenvalue weighted by Crippen LogP contribution is 2.24. The molecule has 0 radical (unpaired) electrons. The zero-order valence-electron chi connectivity index (χ0n) is 10.4. The molecule has 1 aliphatic carbocycles. The van der Waals surface area contributed by atoms with Gasteiger partial charge in [-0.3, -0.25) is 4.79 Å². The van der Waals surface area contributed by atoms with Gasteiger partial charge in [0.05, 0.1) is 0 Å². The molecular formula is C14H20N2O. The minimum absolute atomic E-state index is 0.247. The second kappa shape index (κ2) is 5.21. The standard InChI is InChI=1S/C14H20N2O/c1-16(13-6-3-7-13)14(17)9-8-11-4-2-5-12(15)10-11/h2,4-5,10,13H,3,6-9,15H2,1H3. The van der Waals surface area contributed by atoms with Crippen LogP contribution in [0, 0.1) is 0 Å². The number of nitrogen functional groups attached to an aromatic ring is 1. The maximum Gasteiger partial charge on any atom is 0.222 e. The minimum atomic E-state index is 0.247. The fourth-order valence-electron chi connectivity index (χ4n) is 2.15. The van der Waals surface area contributed by atoms with E-state index in [1.165, 1.54) is 19.3 Å². The summed E-state index contributed by atoms with van der Waals surface area (Å²) >= 11 is 0. The highest BCUT2D eigenvalue weighted by atomic mass is 16.2. The lowest BCUT2D eigenvalue weighted by molar-refractivity contribution is -0.133. The Labute approximate surface area is 103 Å². The Bertz CT molecular complexity index is 399. The number of hydrogen-bond donors (Lipinski definition) is 1. The van der Waals surface area contributed by atoms with Crippen LogP contribution in [0.15, 0.2) is 24.3 Å². The van der Waals surface area contributed by atoms with Gasteiger partial charge in [-0.1, -0.05) is 12.1 Å². The van der Waals surface area contributed by atoms with E-state index in [2.05, 4.69) is 0 Å². The van der Waals surface area contributed by atoms with Crippen molar-refractivity contribution in [2.75, 3.05) is 12.8 Å². The molecule has 0 spiro atoms. The molecule has 0 unspecified atom stereocenters. The zero-order chi connectivity index (χ0) is 12.3. The van der Waals surface area contributed by atoms with Gasteiger partial charge in [0.2, 0.25) is 5.91 Å². The fourth-order valence-corrected chi connectivity index (χ4v) is 2.15. The van der Waals surface area contributed by atoms with E-state index in [1.807, 2.05) is 36.2 Å². The number of carbonyl (C=O) groups is 1. The van der Waals surface area contributed by atoms with Crippen molar-refractivity contribution in [3.05, 3.63) is 29.8 Å². The molecule has 3 heteroatoms. The number of amides is 1. The Morgan fingerprint density at radius 2 is 2.24 bits per heavy atom. The lowest BCUT2D eigenvalue weighted by Crippen LogP contribution is -2.41. The molecule has 1 aromatic carbocycles. The van der Waals surface area contributed by atoms with Crippen molar-refractivity contribution in [3.8, 4) is 0 Å². The largest absolute Gasteiger partial charge is 0.399 e. The van der Waals surface area contributed by atoms with Gasteiger partial charge in [-0.15, -0.1) is 0 Å². The van der Waals surface area contributed by atoms with Crippen LogP contribution in [-0.2, 0) is 11.2 Å². The lowest BCUT2D eigenvalue weighted by Gasteiger charge is -2.34. The zero-order valence-corrected chi connectivity index (χ0v) is 10.4. The number of carbonyl (C=O) groups excluding carboxylic acids is 1. The second-order valence-corrected chi connectivity index (χ2v) is 4.83. The first-order valence-corrected chi connectivity index (χ1v) is 6.27. The van der Waals surface area contributed by atoms with Gasteiger partial charge in [-0.05, 0) is 43.4 Å². The van der Waals surface area contributed by atoms with Gasteiger partial charge >= 0.3 is 0 Å². The van der Waals surface area contributed by atoms with E-state index in [9.17, 15) is 4.79 Å². The van der Waals surface area contributed by atoms with Crippen LogP contribution >= 0.6 is 0 Å². The molecule has 17 heavy (non-hydrogen) atoms. The van der Waals surface area contributed by atoms with Crippen LogP contribution in [0.4, 0.5) is 5.69 Å². The van der Waals surface area contributed by atoms with Crippen LogP contribution in [0.2, 0.25) is 0 Å². The van der Waals surface area contributed by atoms with Crippen molar-refractivity contribution in [2.45, 2.75) is 38.1 Å². The summed E-state index contributed by atoms with van der Waals surface area (Å²) in [6, 6.07) is 8.25. The van der Waals surface area contributed by atoms with Crippen LogP contribution in [0.1, 0.15) is 31.2 Å². The van der Waals surface area contributed by atoms with Gasteiger partial charge in [0.25, 0.3) is 0 Å². The number of hydrogen-bond acceptors (Lipinski definition) is 2. The van der Waals surface area contributed by atoms with E-state index >= 15 is 0 Å². The van der Waals surface area contributed by atoms with E-state index in [1.54, 1.807) is 0 Å². The van der Waals surface area contributed by atoms with Crippen molar-refractivity contribution in [3.63, 3.8) is 0 Å². The van der Waals surface area contributed by atoms with E-state index in [-0.39, 0.29) is 5.91 Å². The van der Waals surface area contributed by atoms with Crippen molar-refractivity contribution in [1.82, 2.24) is 4.90 Å². The molecular weight excluding hydrogens is 212 g/mol. The third kappa shape index (κ3) is 2.99. The first-order valence-electron chi connectivity index (χ1n) is 6.27. The highest BCUT2D eigenvalue weighted by Gasteiger charge is 2.24. The van der Waals surface area contributed by atoms with Gasteiger partial charge in [-0.25, -0.2) is 0 Å². The van der Waals surface area contributed by atoms with E-state index in [0.29, 0.717) is 12.5 Å². The SMILES string of the molecule is CN(C(=O)CCc1cccc(N)c1)C1CCC1.